The van der Waals surface area contributed by atoms with Gasteiger partial charge in [-0.15, -0.1) is 0 Å². The highest BCUT2D eigenvalue weighted by atomic mass is 16.5. The number of amides is 1. The molecule has 1 rings (SSSR count). The van der Waals surface area contributed by atoms with E-state index >= 15 is 0 Å². The monoisotopic (exact) mass is 251 g/mol. The number of carboxylic acid groups (broad SMARTS) is 1. The van der Waals surface area contributed by atoms with Gasteiger partial charge in [-0.05, 0) is 23.8 Å². The first-order valence-electron chi connectivity index (χ1n) is 5.07. The normalized spacial score (nSPS) is 10.3. The highest BCUT2D eigenvalue weighted by molar-refractivity contribution is 5.93. The molecule has 0 unspecified atom stereocenters. The van der Waals surface area contributed by atoms with E-state index in [9.17, 15) is 14.7 Å². The van der Waals surface area contributed by atoms with E-state index in [1.54, 1.807) is 12.1 Å². The van der Waals surface area contributed by atoms with Crippen molar-refractivity contribution in [1.82, 2.24) is 5.32 Å². The van der Waals surface area contributed by atoms with Crippen molar-refractivity contribution in [3.8, 4) is 11.5 Å². The number of phenolic OH excluding ortho intramolecular Hbond substituents is 1. The fourth-order valence-corrected chi connectivity index (χ4v) is 1.19. The Hall–Kier alpha value is -2.50. The maximum absolute atomic E-state index is 11.2. The van der Waals surface area contributed by atoms with Gasteiger partial charge in [0, 0.05) is 6.08 Å². The lowest BCUT2D eigenvalue weighted by molar-refractivity contribution is -0.137. The fourth-order valence-electron chi connectivity index (χ4n) is 1.19. The zero-order chi connectivity index (χ0) is 13.5. The Bertz CT molecular complexity index is 481. The topological polar surface area (TPSA) is 95.9 Å². The van der Waals surface area contributed by atoms with E-state index in [1.807, 2.05) is 0 Å². The maximum atomic E-state index is 11.2. The second kappa shape index (κ2) is 6.29. The van der Waals surface area contributed by atoms with Gasteiger partial charge in [0.1, 0.15) is 6.54 Å². The van der Waals surface area contributed by atoms with E-state index in [2.05, 4.69) is 5.32 Å². The van der Waals surface area contributed by atoms with Crippen LogP contribution >= 0.6 is 0 Å². The van der Waals surface area contributed by atoms with E-state index in [0.29, 0.717) is 11.3 Å². The van der Waals surface area contributed by atoms with Gasteiger partial charge in [0.05, 0.1) is 7.11 Å². The number of carbonyl (C=O) groups is 2. The zero-order valence-corrected chi connectivity index (χ0v) is 9.71. The van der Waals surface area contributed by atoms with Crippen LogP contribution in [0.2, 0.25) is 0 Å². The lowest BCUT2D eigenvalue weighted by atomic mass is 10.2. The van der Waals surface area contributed by atoms with Crippen molar-refractivity contribution in [2.75, 3.05) is 13.7 Å². The first kappa shape index (κ1) is 13.6. The van der Waals surface area contributed by atoms with Crippen LogP contribution in [0.5, 0.6) is 11.5 Å². The van der Waals surface area contributed by atoms with Crippen LogP contribution in [0.1, 0.15) is 5.56 Å². The number of hydrogen-bond donors (Lipinski definition) is 3. The first-order valence-corrected chi connectivity index (χ1v) is 5.07. The van der Waals surface area contributed by atoms with Gasteiger partial charge in [0.25, 0.3) is 0 Å². The molecule has 0 saturated carbocycles. The van der Waals surface area contributed by atoms with E-state index < -0.39 is 18.4 Å². The molecule has 6 heteroatoms. The van der Waals surface area contributed by atoms with Crippen molar-refractivity contribution < 1.29 is 24.5 Å². The number of carbonyl (C=O) groups excluding carboxylic acids is 1. The number of benzene rings is 1. The Balaban J connectivity index is 2.66. The highest BCUT2D eigenvalue weighted by Gasteiger charge is 2.02. The van der Waals surface area contributed by atoms with Crippen LogP contribution in [0.15, 0.2) is 24.3 Å². The lowest BCUT2D eigenvalue weighted by Gasteiger charge is -2.03. The number of hydrogen-bond acceptors (Lipinski definition) is 4. The van der Waals surface area contributed by atoms with Crippen molar-refractivity contribution in [2.24, 2.45) is 0 Å². The van der Waals surface area contributed by atoms with Gasteiger partial charge in [0.15, 0.2) is 11.5 Å². The molecular formula is C12H13NO5. The summed E-state index contributed by atoms with van der Waals surface area (Å²) in [7, 11) is 1.42. The molecule has 0 aromatic heterocycles. The number of ether oxygens (including phenoxy) is 1. The Morgan fingerprint density at radius 3 is 2.78 bits per heavy atom. The molecule has 18 heavy (non-hydrogen) atoms. The molecule has 0 fully saturated rings. The predicted octanol–water partition coefficient (Wildman–Crippen LogP) is 0.615. The van der Waals surface area contributed by atoms with Gasteiger partial charge in [-0.25, -0.2) is 0 Å². The summed E-state index contributed by atoms with van der Waals surface area (Å²) in [6, 6.07) is 4.59. The lowest BCUT2D eigenvalue weighted by Crippen LogP contribution is -2.27. The van der Waals surface area contributed by atoms with E-state index in [0.717, 1.165) is 0 Å². The van der Waals surface area contributed by atoms with Crippen molar-refractivity contribution >= 4 is 18.0 Å². The Labute approximate surface area is 104 Å². The molecule has 0 atom stereocenters. The van der Waals surface area contributed by atoms with Crippen LogP contribution in [-0.4, -0.2) is 35.7 Å². The van der Waals surface area contributed by atoms with Gasteiger partial charge >= 0.3 is 5.97 Å². The van der Waals surface area contributed by atoms with E-state index in [4.69, 9.17) is 9.84 Å². The van der Waals surface area contributed by atoms with Gasteiger partial charge in [-0.1, -0.05) is 6.07 Å². The molecular weight excluding hydrogens is 238 g/mol. The van der Waals surface area contributed by atoms with Crippen LogP contribution in [-0.2, 0) is 9.59 Å². The third-order valence-corrected chi connectivity index (χ3v) is 2.04. The molecule has 0 saturated heterocycles. The smallest absolute Gasteiger partial charge is 0.322 e. The van der Waals surface area contributed by atoms with Crippen LogP contribution in [0.3, 0.4) is 0 Å². The molecule has 1 amide bonds. The van der Waals surface area contributed by atoms with Crippen LogP contribution in [0, 0.1) is 0 Å². The minimum Gasteiger partial charge on any atom is -0.504 e. The highest BCUT2D eigenvalue weighted by Crippen LogP contribution is 2.26. The minimum atomic E-state index is -1.11. The molecule has 6 nitrogen and oxygen atoms in total. The molecule has 0 aliphatic heterocycles. The first-order chi connectivity index (χ1) is 8.52. The largest absolute Gasteiger partial charge is 0.504 e. The van der Waals surface area contributed by atoms with Crippen molar-refractivity contribution in [2.45, 2.75) is 0 Å². The number of nitrogens with one attached hydrogen (secondary N) is 1. The van der Waals surface area contributed by atoms with Crippen LogP contribution in [0.4, 0.5) is 0 Å². The van der Waals surface area contributed by atoms with Crippen molar-refractivity contribution in [3.63, 3.8) is 0 Å². The predicted molar refractivity (Wildman–Crippen MR) is 64.3 cm³/mol. The Morgan fingerprint density at radius 1 is 1.44 bits per heavy atom. The molecule has 1 aromatic rings. The molecule has 0 aliphatic carbocycles. The van der Waals surface area contributed by atoms with Crippen molar-refractivity contribution in [1.29, 1.82) is 0 Å². The summed E-state index contributed by atoms with van der Waals surface area (Å²) in [4.78, 5) is 21.4. The second-order valence-electron chi connectivity index (χ2n) is 3.38. The number of aliphatic carboxylic acids is 1. The summed E-state index contributed by atoms with van der Waals surface area (Å²) in [5, 5.41) is 19.9. The maximum Gasteiger partial charge on any atom is 0.322 e. The van der Waals surface area contributed by atoms with Gasteiger partial charge in [-0.3, -0.25) is 9.59 Å². The standard InChI is InChI=1S/C12H13NO5/c1-18-10-6-8(2-4-9(10)14)3-5-11(15)13-7-12(16)17/h2-6,14H,7H2,1H3,(H,13,15)(H,16,17). The number of carboxylic acids is 1. The summed E-state index contributed by atoms with van der Waals surface area (Å²) in [5.41, 5.74) is 0.648. The van der Waals surface area contributed by atoms with Crippen LogP contribution < -0.4 is 10.1 Å². The Morgan fingerprint density at radius 2 is 2.17 bits per heavy atom. The molecule has 0 heterocycles. The van der Waals surface area contributed by atoms with Gasteiger partial charge < -0.3 is 20.3 Å². The summed E-state index contributed by atoms with van der Waals surface area (Å²) in [6.45, 7) is -0.428. The summed E-state index contributed by atoms with van der Waals surface area (Å²) < 4.78 is 4.91. The van der Waals surface area contributed by atoms with E-state index in [1.165, 1.54) is 25.3 Å². The van der Waals surface area contributed by atoms with Crippen LogP contribution in [0.25, 0.3) is 6.08 Å². The van der Waals surface area contributed by atoms with Crippen molar-refractivity contribution in [3.05, 3.63) is 29.8 Å². The SMILES string of the molecule is COc1cc(C=CC(=O)NCC(=O)O)ccc1O. The minimum absolute atomic E-state index is 0.00461. The number of methoxy groups -OCH3 is 1. The molecule has 0 bridgehead atoms. The van der Waals surface area contributed by atoms with E-state index in [-0.39, 0.29) is 5.75 Å². The molecule has 0 radical (unpaired) electrons. The Kier molecular flexibility index (Phi) is 4.74. The summed E-state index contributed by atoms with van der Waals surface area (Å²) >= 11 is 0. The molecule has 1 aromatic carbocycles. The number of aromatic hydroxyl groups is 1. The average Bonchev–Trinajstić information content (AvgIpc) is 2.35. The summed E-state index contributed by atoms with van der Waals surface area (Å²) in [6.07, 6.45) is 2.69. The average molecular weight is 251 g/mol. The third kappa shape index (κ3) is 4.17. The number of rotatable bonds is 5. The van der Waals surface area contributed by atoms with Gasteiger partial charge in [0.2, 0.25) is 5.91 Å². The molecule has 3 N–H and O–H groups in total. The third-order valence-electron chi connectivity index (χ3n) is 2.04. The fraction of sp³-hybridized carbons (Fsp3) is 0.167. The second-order valence-corrected chi connectivity index (χ2v) is 3.38. The molecule has 0 aliphatic rings. The summed E-state index contributed by atoms with van der Waals surface area (Å²) in [5.74, 6) is -1.32. The quantitative estimate of drug-likeness (QED) is 0.666. The zero-order valence-electron chi connectivity index (χ0n) is 9.71. The van der Waals surface area contributed by atoms with Gasteiger partial charge in [-0.2, -0.15) is 0 Å². The molecule has 0 spiro atoms. The number of phenols is 1. The molecule has 96 valence electrons.